The Bertz CT molecular complexity index is 1450. The Hall–Kier alpha value is -3.77. The summed E-state index contributed by atoms with van der Waals surface area (Å²) >= 11 is 0. The number of aromatic nitrogens is 6. The highest BCUT2D eigenvalue weighted by Crippen LogP contribution is 2.47. The summed E-state index contributed by atoms with van der Waals surface area (Å²) in [6, 6.07) is 10.6. The lowest BCUT2D eigenvalue weighted by Crippen LogP contribution is -2.30. The molecule has 0 radical (unpaired) electrons. The monoisotopic (exact) mass is 468 g/mol. The number of hydrogen-bond donors (Lipinski definition) is 1. The lowest BCUT2D eigenvalue weighted by Gasteiger charge is -2.28. The maximum atomic E-state index is 9.74. The van der Waals surface area contributed by atoms with Crippen molar-refractivity contribution in [3.8, 4) is 23.2 Å². The quantitative estimate of drug-likeness (QED) is 0.486. The van der Waals surface area contributed by atoms with Gasteiger partial charge in [0.2, 0.25) is 5.88 Å². The van der Waals surface area contributed by atoms with E-state index in [0.717, 1.165) is 55.0 Å². The van der Waals surface area contributed by atoms with Crippen LogP contribution in [0.3, 0.4) is 0 Å². The van der Waals surface area contributed by atoms with E-state index in [4.69, 9.17) is 4.74 Å². The van der Waals surface area contributed by atoms with Crippen molar-refractivity contribution in [2.45, 2.75) is 52.2 Å². The Morgan fingerprint density at radius 2 is 2.03 bits per heavy atom. The molecule has 1 saturated heterocycles. The van der Waals surface area contributed by atoms with Crippen molar-refractivity contribution < 1.29 is 4.74 Å². The molecule has 0 spiro atoms. The maximum Gasteiger partial charge on any atom is 0.201 e. The van der Waals surface area contributed by atoms with Crippen molar-refractivity contribution >= 4 is 5.65 Å². The van der Waals surface area contributed by atoms with Gasteiger partial charge in [-0.05, 0) is 57.0 Å². The van der Waals surface area contributed by atoms with E-state index in [0.29, 0.717) is 23.3 Å². The van der Waals surface area contributed by atoms with Gasteiger partial charge in [0.25, 0.3) is 0 Å². The lowest BCUT2D eigenvalue weighted by atomic mass is 9.88. The second kappa shape index (κ2) is 8.17. The molecule has 9 heteroatoms. The van der Waals surface area contributed by atoms with Crippen LogP contribution in [0.1, 0.15) is 61.5 Å². The number of nitrogens with one attached hydrogen (secondary N) is 1. The summed E-state index contributed by atoms with van der Waals surface area (Å²) in [4.78, 5) is 9.15. The van der Waals surface area contributed by atoms with Crippen LogP contribution >= 0.6 is 0 Å². The fourth-order valence-electron chi connectivity index (χ4n) is 5.51. The van der Waals surface area contributed by atoms with Crippen molar-refractivity contribution in [3.05, 3.63) is 59.3 Å². The van der Waals surface area contributed by atoms with Crippen LogP contribution < -0.4 is 10.1 Å². The van der Waals surface area contributed by atoms with Crippen LogP contribution in [0, 0.1) is 23.7 Å². The molecule has 1 aliphatic heterocycles. The number of pyridine rings is 2. The van der Waals surface area contributed by atoms with E-state index in [1.54, 1.807) is 10.6 Å². The fourth-order valence-corrected chi connectivity index (χ4v) is 5.51. The third-order valence-electron chi connectivity index (χ3n) is 7.31. The summed E-state index contributed by atoms with van der Waals surface area (Å²) in [7, 11) is 0. The van der Waals surface area contributed by atoms with Gasteiger partial charge in [0.15, 0.2) is 0 Å². The van der Waals surface area contributed by atoms with Crippen LogP contribution in [0.2, 0.25) is 0 Å². The van der Waals surface area contributed by atoms with Crippen LogP contribution in [-0.4, -0.2) is 42.5 Å². The molecule has 0 amide bonds. The summed E-state index contributed by atoms with van der Waals surface area (Å²) < 4.78 is 10.5. The van der Waals surface area contributed by atoms with Crippen LogP contribution in [0.4, 0.5) is 0 Å². The number of imidazole rings is 1. The first-order valence-electron chi connectivity index (χ1n) is 12.1. The smallest absolute Gasteiger partial charge is 0.201 e. The van der Waals surface area contributed by atoms with Crippen LogP contribution in [0.25, 0.3) is 16.9 Å². The molecule has 1 atom stereocenters. The zero-order chi connectivity index (χ0) is 24.2. The summed E-state index contributed by atoms with van der Waals surface area (Å²) in [5.74, 6) is 0.555. The fraction of sp³-hybridized carbons (Fsp3) is 0.423. The minimum atomic E-state index is -0.252. The van der Waals surface area contributed by atoms with Gasteiger partial charge in [0.1, 0.15) is 29.2 Å². The van der Waals surface area contributed by atoms with Crippen molar-refractivity contribution in [2.24, 2.45) is 5.41 Å². The van der Waals surface area contributed by atoms with E-state index in [1.165, 1.54) is 5.56 Å². The van der Waals surface area contributed by atoms with Gasteiger partial charge in [0, 0.05) is 23.2 Å². The molecule has 6 rings (SSSR count). The zero-order valence-electron chi connectivity index (χ0n) is 20.2. The molecular formula is C26H28N8O. The third kappa shape index (κ3) is 3.56. The number of ether oxygens (including phenoxy) is 1. The van der Waals surface area contributed by atoms with Crippen molar-refractivity contribution in [3.63, 3.8) is 0 Å². The van der Waals surface area contributed by atoms with E-state index in [-0.39, 0.29) is 11.5 Å². The SMILES string of the molecule is Cc1c(-c2cc(OC3c4ncccc4CC3(C)C)n3c(C#N)cnc3c2)nnn1C1CCNCC1. The first kappa shape index (κ1) is 21.7. The topological polar surface area (TPSA) is 106 Å². The first-order chi connectivity index (χ1) is 17.0. The molecular weight excluding hydrogens is 440 g/mol. The Morgan fingerprint density at radius 3 is 2.83 bits per heavy atom. The Kier molecular flexibility index (Phi) is 5.07. The standard InChI is InChI=1S/C26H28N8O/c1-16-23(31-32-34(16)19-6-9-28-10-7-19)18-11-21-30-15-20(14-27)33(21)22(12-18)35-25-24-17(5-4-8-29-24)13-26(25,2)3/h4-5,8,11-12,15,19,25,28H,6-7,9-10,13H2,1-3H3. The predicted molar refractivity (Wildman–Crippen MR) is 130 cm³/mol. The Balaban J connectivity index is 1.45. The van der Waals surface area contributed by atoms with E-state index >= 15 is 0 Å². The van der Waals surface area contributed by atoms with Gasteiger partial charge in [-0.25, -0.2) is 9.67 Å². The van der Waals surface area contributed by atoms with Crippen LogP contribution in [-0.2, 0) is 6.42 Å². The largest absolute Gasteiger partial charge is 0.468 e. The number of rotatable bonds is 4. The molecule has 0 bridgehead atoms. The van der Waals surface area contributed by atoms with E-state index in [1.807, 2.05) is 29.1 Å². The zero-order valence-corrected chi connectivity index (χ0v) is 20.2. The highest BCUT2D eigenvalue weighted by Gasteiger charge is 2.42. The third-order valence-corrected chi connectivity index (χ3v) is 7.31. The minimum absolute atomic E-state index is 0.152. The number of nitrogens with zero attached hydrogens (tertiary/aromatic N) is 7. The second-order valence-corrected chi connectivity index (χ2v) is 10.2. The number of hydrogen-bond acceptors (Lipinski definition) is 7. The molecule has 9 nitrogen and oxygen atoms in total. The van der Waals surface area contributed by atoms with E-state index in [2.05, 4.69) is 58.5 Å². The summed E-state index contributed by atoms with van der Waals surface area (Å²) in [6.45, 7) is 8.42. The van der Waals surface area contributed by atoms with Gasteiger partial charge in [-0.1, -0.05) is 25.1 Å². The molecule has 4 aromatic heterocycles. The predicted octanol–water partition coefficient (Wildman–Crippen LogP) is 3.79. The summed E-state index contributed by atoms with van der Waals surface area (Å²) in [5, 5.41) is 22.2. The average molecular weight is 469 g/mol. The molecule has 2 aliphatic rings. The minimum Gasteiger partial charge on any atom is -0.468 e. The molecule has 178 valence electrons. The Morgan fingerprint density at radius 1 is 1.20 bits per heavy atom. The molecule has 4 aromatic rings. The highest BCUT2D eigenvalue weighted by molar-refractivity contribution is 5.68. The van der Waals surface area contributed by atoms with Crippen LogP contribution in [0.15, 0.2) is 36.7 Å². The van der Waals surface area contributed by atoms with Gasteiger partial charge in [-0.15, -0.1) is 5.10 Å². The number of fused-ring (bicyclic) bond motifs is 2. The first-order valence-corrected chi connectivity index (χ1v) is 12.1. The van der Waals surface area contributed by atoms with Gasteiger partial charge in [-0.2, -0.15) is 5.26 Å². The Labute approximate surface area is 203 Å². The van der Waals surface area contributed by atoms with Gasteiger partial charge in [-0.3, -0.25) is 9.38 Å². The maximum absolute atomic E-state index is 9.74. The van der Waals surface area contributed by atoms with Crippen LogP contribution in [0.5, 0.6) is 5.88 Å². The molecule has 1 N–H and O–H groups in total. The van der Waals surface area contributed by atoms with Crippen molar-refractivity contribution in [2.75, 3.05) is 13.1 Å². The normalized spacial score (nSPS) is 19.5. The second-order valence-electron chi connectivity index (χ2n) is 10.2. The molecule has 0 saturated carbocycles. The highest BCUT2D eigenvalue weighted by atomic mass is 16.5. The summed E-state index contributed by atoms with van der Waals surface area (Å²) in [5.41, 5.74) is 5.76. The van der Waals surface area contributed by atoms with E-state index in [9.17, 15) is 5.26 Å². The van der Waals surface area contributed by atoms with Gasteiger partial charge < -0.3 is 10.1 Å². The van der Waals surface area contributed by atoms with E-state index < -0.39 is 0 Å². The number of piperidine rings is 1. The molecule has 5 heterocycles. The molecule has 35 heavy (non-hydrogen) atoms. The molecule has 1 aliphatic carbocycles. The van der Waals surface area contributed by atoms with Gasteiger partial charge >= 0.3 is 0 Å². The summed E-state index contributed by atoms with van der Waals surface area (Å²) in [6.07, 6.45) is 6.08. The lowest BCUT2D eigenvalue weighted by molar-refractivity contribution is 0.0814. The molecule has 1 unspecified atom stereocenters. The van der Waals surface area contributed by atoms with Gasteiger partial charge in [0.05, 0.1) is 23.6 Å². The molecule has 1 fully saturated rings. The van der Waals surface area contributed by atoms with Crippen molar-refractivity contribution in [1.82, 2.24) is 34.7 Å². The molecule has 0 aromatic carbocycles. The van der Waals surface area contributed by atoms with Crippen molar-refractivity contribution in [1.29, 1.82) is 5.26 Å². The number of nitriles is 1. The average Bonchev–Trinajstić information content (AvgIpc) is 3.53.